The Morgan fingerprint density at radius 2 is 0.733 bits per heavy atom. The Morgan fingerprint density at radius 3 is 1.20 bits per heavy atom. The summed E-state index contributed by atoms with van der Waals surface area (Å²) in [5.41, 5.74) is 0. The fourth-order valence-corrected chi connectivity index (χ4v) is 7.40. The molecule has 0 saturated heterocycles. The number of carbonyl (C=O) groups is 2. The first-order chi connectivity index (χ1) is 29.6. The number of carbonyl (C=O) groups excluding carboxylic acids is 2. The summed E-state index contributed by atoms with van der Waals surface area (Å²) in [4.78, 5) is 25.3. The molecule has 5 heteroatoms. The first-order valence-corrected chi connectivity index (χ1v) is 26.2. The molecule has 5 nitrogen and oxygen atoms in total. The Hall–Kier alpha value is -2.14. The molecule has 0 aliphatic heterocycles. The zero-order chi connectivity index (χ0) is 43.5. The van der Waals surface area contributed by atoms with Gasteiger partial charge in [-0.05, 0) is 77.0 Å². The maximum absolute atomic E-state index is 12.8. The van der Waals surface area contributed by atoms with E-state index in [0.29, 0.717) is 19.4 Å². The quantitative estimate of drug-likeness (QED) is 0.0347. The second-order valence-corrected chi connectivity index (χ2v) is 17.4. The number of unbranched alkanes of at least 4 members (excludes halogenated alkanes) is 29. The van der Waals surface area contributed by atoms with Crippen molar-refractivity contribution < 1.29 is 23.8 Å². The number of rotatable bonds is 48. The number of allylic oxidation sites excluding steroid dienone is 8. The SMILES string of the molecule is CCC/C=C\C/C=C\CCCCCCCC(=O)OCC(COCCCCCCCCCCCC/C=C\C/C=C\CCCCC)OC(=O)CCCCCCCCCCCCC. The van der Waals surface area contributed by atoms with E-state index in [-0.39, 0.29) is 25.2 Å². The van der Waals surface area contributed by atoms with E-state index in [4.69, 9.17) is 14.2 Å². The van der Waals surface area contributed by atoms with Gasteiger partial charge < -0.3 is 14.2 Å². The molecule has 0 aromatic carbocycles. The van der Waals surface area contributed by atoms with Crippen LogP contribution in [-0.4, -0.2) is 37.9 Å². The summed E-state index contributed by atoms with van der Waals surface area (Å²) in [6.45, 7) is 7.74. The Kier molecular flexibility index (Phi) is 49.4. The minimum atomic E-state index is -0.539. The highest BCUT2D eigenvalue weighted by molar-refractivity contribution is 5.70. The predicted octanol–water partition coefficient (Wildman–Crippen LogP) is 17.6. The smallest absolute Gasteiger partial charge is 0.306 e. The lowest BCUT2D eigenvalue weighted by molar-refractivity contribution is -0.163. The highest BCUT2D eigenvalue weighted by Gasteiger charge is 2.17. The second-order valence-electron chi connectivity index (χ2n) is 17.4. The molecule has 0 amide bonds. The van der Waals surface area contributed by atoms with Crippen molar-refractivity contribution in [2.45, 2.75) is 271 Å². The van der Waals surface area contributed by atoms with E-state index >= 15 is 0 Å². The van der Waals surface area contributed by atoms with E-state index < -0.39 is 6.10 Å². The van der Waals surface area contributed by atoms with Gasteiger partial charge in [0, 0.05) is 19.4 Å². The number of ether oxygens (including phenoxy) is 3. The molecule has 0 radical (unpaired) electrons. The van der Waals surface area contributed by atoms with E-state index in [9.17, 15) is 9.59 Å². The summed E-state index contributed by atoms with van der Waals surface area (Å²) < 4.78 is 17.4. The van der Waals surface area contributed by atoms with E-state index in [1.807, 2.05) is 0 Å². The molecule has 0 bridgehead atoms. The zero-order valence-electron chi connectivity index (χ0n) is 40.2. The molecular weight excluding hydrogens is 741 g/mol. The molecule has 0 aliphatic carbocycles. The van der Waals surface area contributed by atoms with Crippen LogP contribution in [0.25, 0.3) is 0 Å². The Morgan fingerprint density at radius 1 is 0.367 bits per heavy atom. The van der Waals surface area contributed by atoms with E-state index in [1.54, 1.807) is 0 Å². The molecule has 0 spiro atoms. The first kappa shape index (κ1) is 57.9. The summed E-state index contributed by atoms with van der Waals surface area (Å²) in [5.74, 6) is -0.406. The van der Waals surface area contributed by atoms with Crippen LogP contribution in [0, 0.1) is 0 Å². The number of hydrogen-bond acceptors (Lipinski definition) is 5. The van der Waals surface area contributed by atoms with Gasteiger partial charge in [0.1, 0.15) is 6.61 Å². The van der Waals surface area contributed by atoms with Gasteiger partial charge in [-0.3, -0.25) is 9.59 Å². The number of hydrogen-bond donors (Lipinski definition) is 0. The standard InChI is InChI=1S/C55H100O5/c1-4-7-10-13-16-19-22-24-25-26-27-28-29-30-32-35-38-41-44-47-50-58-51-53(60-55(57)49-46-43-40-37-33-21-18-15-12-9-6-3)52-59-54(56)48-45-42-39-36-34-31-23-20-17-14-11-8-5-2/h11,14,16,19-20,23-25,53H,4-10,12-13,15,17-18,21-22,26-52H2,1-3H3/b14-11-,19-16-,23-20-,25-24-. The molecule has 60 heavy (non-hydrogen) atoms. The molecule has 0 aliphatic rings. The molecule has 0 rings (SSSR count). The van der Waals surface area contributed by atoms with Crippen LogP contribution >= 0.6 is 0 Å². The van der Waals surface area contributed by atoms with Gasteiger partial charge in [-0.25, -0.2) is 0 Å². The molecule has 0 heterocycles. The van der Waals surface area contributed by atoms with E-state index in [2.05, 4.69) is 69.4 Å². The van der Waals surface area contributed by atoms with Crippen molar-refractivity contribution in [3.8, 4) is 0 Å². The third-order valence-electron chi connectivity index (χ3n) is 11.3. The Balaban J connectivity index is 4.20. The van der Waals surface area contributed by atoms with Gasteiger partial charge in [-0.15, -0.1) is 0 Å². The van der Waals surface area contributed by atoms with Crippen LogP contribution in [0.2, 0.25) is 0 Å². The van der Waals surface area contributed by atoms with Crippen LogP contribution in [0.1, 0.15) is 265 Å². The average Bonchev–Trinajstić information content (AvgIpc) is 3.25. The lowest BCUT2D eigenvalue weighted by Gasteiger charge is -2.18. The summed E-state index contributed by atoms with van der Waals surface area (Å²) >= 11 is 0. The van der Waals surface area contributed by atoms with Crippen molar-refractivity contribution in [1.29, 1.82) is 0 Å². The van der Waals surface area contributed by atoms with Crippen LogP contribution < -0.4 is 0 Å². The Labute approximate surface area is 373 Å². The van der Waals surface area contributed by atoms with Crippen LogP contribution in [0.15, 0.2) is 48.6 Å². The van der Waals surface area contributed by atoms with Crippen LogP contribution in [-0.2, 0) is 23.8 Å². The van der Waals surface area contributed by atoms with Crippen LogP contribution in [0.4, 0.5) is 0 Å². The minimum absolute atomic E-state index is 0.0797. The fraction of sp³-hybridized carbons (Fsp3) is 0.818. The largest absolute Gasteiger partial charge is 0.462 e. The molecule has 0 aromatic rings. The van der Waals surface area contributed by atoms with Gasteiger partial charge in [0.25, 0.3) is 0 Å². The first-order valence-electron chi connectivity index (χ1n) is 26.2. The second kappa shape index (κ2) is 51.2. The third kappa shape index (κ3) is 48.5. The summed E-state index contributed by atoms with van der Waals surface area (Å²) in [6.07, 6.45) is 62.6. The number of esters is 2. The van der Waals surface area contributed by atoms with Crippen molar-refractivity contribution in [3.05, 3.63) is 48.6 Å². The highest BCUT2D eigenvalue weighted by Crippen LogP contribution is 2.15. The van der Waals surface area contributed by atoms with Crippen molar-refractivity contribution in [2.75, 3.05) is 19.8 Å². The van der Waals surface area contributed by atoms with Gasteiger partial charge >= 0.3 is 11.9 Å². The van der Waals surface area contributed by atoms with Gasteiger partial charge in [-0.1, -0.05) is 223 Å². The fourth-order valence-electron chi connectivity index (χ4n) is 7.40. The monoisotopic (exact) mass is 841 g/mol. The lowest BCUT2D eigenvalue weighted by Crippen LogP contribution is -2.30. The van der Waals surface area contributed by atoms with E-state index in [0.717, 1.165) is 64.2 Å². The summed E-state index contributed by atoms with van der Waals surface area (Å²) in [5, 5.41) is 0. The van der Waals surface area contributed by atoms with Crippen molar-refractivity contribution in [3.63, 3.8) is 0 Å². The molecule has 0 saturated carbocycles. The van der Waals surface area contributed by atoms with Gasteiger partial charge in [0.15, 0.2) is 6.10 Å². The van der Waals surface area contributed by atoms with Crippen molar-refractivity contribution in [2.24, 2.45) is 0 Å². The van der Waals surface area contributed by atoms with Gasteiger partial charge in [0.2, 0.25) is 0 Å². The lowest BCUT2D eigenvalue weighted by atomic mass is 10.1. The van der Waals surface area contributed by atoms with Crippen LogP contribution in [0.3, 0.4) is 0 Å². The molecule has 350 valence electrons. The zero-order valence-corrected chi connectivity index (χ0v) is 40.2. The molecule has 0 aromatic heterocycles. The van der Waals surface area contributed by atoms with E-state index in [1.165, 1.54) is 167 Å². The molecular formula is C55H100O5. The predicted molar refractivity (Wildman–Crippen MR) is 261 cm³/mol. The van der Waals surface area contributed by atoms with Gasteiger partial charge in [0.05, 0.1) is 6.61 Å². The molecule has 0 N–H and O–H groups in total. The highest BCUT2D eigenvalue weighted by atomic mass is 16.6. The molecule has 1 unspecified atom stereocenters. The topological polar surface area (TPSA) is 61.8 Å². The van der Waals surface area contributed by atoms with Crippen molar-refractivity contribution in [1.82, 2.24) is 0 Å². The van der Waals surface area contributed by atoms with Crippen LogP contribution in [0.5, 0.6) is 0 Å². The minimum Gasteiger partial charge on any atom is -0.462 e. The van der Waals surface area contributed by atoms with Gasteiger partial charge in [-0.2, -0.15) is 0 Å². The third-order valence-corrected chi connectivity index (χ3v) is 11.3. The van der Waals surface area contributed by atoms with Crippen molar-refractivity contribution >= 4 is 11.9 Å². The molecule has 1 atom stereocenters. The summed E-state index contributed by atoms with van der Waals surface area (Å²) in [7, 11) is 0. The average molecular weight is 841 g/mol. The maximum atomic E-state index is 12.8. The maximum Gasteiger partial charge on any atom is 0.306 e. The normalized spacial score (nSPS) is 12.5. The summed E-state index contributed by atoms with van der Waals surface area (Å²) in [6, 6.07) is 0. The Bertz CT molecular complexity index is 997. The molecule has 0 fully saturated rings.